The average Bonchev–Trinajstić information content (AvgIpc) is 2.03. The first-order valence-corrected chi connectivity index (χ1v) is 2.91. The Labute approximate surface area is 67.9 Å². The van der Waals surface area contributed by atoms with Gasteiger partial charge in [0.1, 0.15) is 7.63 Å². The van der Waals surface area contributed by atoms with Crippen LogP contribution in [0.15, 0.2) is 0 Å². The third-order valence-electron chi connectivity index (χ3n) is 0.999. The normalized spacial score (nSPS) is 14.5. The first-order valence-electron chi connectivity index (χ1n) is 3.99. The van der Waals surface area contributed by atoms with Gasteiger partial charge in [0.05, 0.1) is 6.04 Å². The molecule has 0 aromatic rings. The molecular weight excluding hydrogens is 149 g/mol. The molecule has 0 aromatic carbocycles. The monoisotopic (exact) mass is 161 g/mol. The van der Waals surface area contributed by atoms with Gasteiger partial charge in [0.2, 0.25) is 0 Å². The third kappa shape index (κ3) is 5.56. The number of carboxylic acids is 1. The van der Waals surface area contributed by atoms with Gasteiger partial charge in [-0.3, -0.25) is 4.79 Å². The fraction of sp³-hybridized carbons (Fsp3) is 0.600. The number of hydroxylamine groups is 1. The van der Waals surface area contributed by atoms with Crippen LogP contribution in [-0.2, 0) is 14.3 Å². The minimum Gasteiger partial charge on any atom is -0.481 e. The van der Waals surface area contributed by atoms with Gasteiger partial charge in [-0.25, -0.2) is 5.48 Å². The van der Waals surface area contributed by atoms with Crippen LogP contribution >= 0.6 is 0 Å². The van der Waals surface area contributed by atoms with Crippen molar-refractivity contribution in [1.29, 1.82) is 1.34 Å². The minimum absolute atomic E-state index is 0.0362. The molecule has 0 bridgehead atoms. The van der Waals surface area contributed by atoms with E-state index in [0.717, 1.165) is 0 Å². The molecule has 0 amide bonds. The lowest BCUT2D eigenvalue weighted by Crippen LogP contribution is -2.30. The smallest absolute Gasteiger partial charge is 0.303 e. The second-order valence-electron chi connectivity index (χ2n) is 1.84. The topological polar surface area (TPSA) is 75.6 Å². The second-order valence-corrected chi connectivity index (χ2v) is 1.84. The van der Waals surface area contributed by atoms with E-state index in [1.165, 1.54) is 0 Å². The second kappa shape index (κ2) is 5.88. The third-order valence-corrected chi connectivity index (χ3v) is 0.999. The summed E-state index contributed by atoms with van der Waals surface area (Å²) in [7, 11) is 0.552. The van der Waals surface area contributed by atoms with Crippen LogP contribution < -0.4 is 5.48 Å². The lowest BCUT2D eigenvalue weighted by atomic mass is 10.2. The molecule has 0 aliphatic carbocycles. The summed E-state index contributed by atoms with van der Waals surface area (Å²) in [6.45, 7) is 0. The van der Waals surface area contributed by atoms with Crippen LogP contribution in [0.4, 0.5) is 0 Å². The van der Waals surface area contributed by atoms with E-state index in [-0.39, 0.29) is 12.8 Å². The highest BCUT2D eigenvalue weighted by molar-refractivity contribution is 5.97. The van der Waals surface area contributed by atoms with Gasteiger partial charge in [-0.1, -0.05) is 0 Å². The quantitative estimate of drug-likeness (QED) is 0.277. The van der Waals surface area contributed by atoms with Gasteiger partial charge in [-0.2, -0.15) is 0 Å². The molecule has 2 N–H and O–H groups in total. The Morgan fingerprint density at radius 2 is 2.91 bits per heavy atom. The van der Waals surface area contributed by atoms with E-state index in [4.69, 9.17) is 7.81 Å². The van der Waals surface area contributed by atoms with E-state index >= 15 is 0 Å². The number of carboxylic acid groups (broad SMARTS) is 1. The Morgan fingerprint density at radius 3 is 3.36 bits per heavy atom. The largest absolute Gasteiger partial charge is 0.481 e. The van der Waals surface area contributed by atoms with Crippen molar-refractivity contribution in [2.45, 2.75) is 18.9 Å². The number of carbonyl (C=O) groups is 2. The van der Waals surface area contributed by atoms with Crippen molar-refractivity contribution in [3.05, 3.63) is 0 Å². The molecule has 0 fully saturated rings. The lowest BCUT2D eigenvalue weighted by molar-refractivity contribution is -0.137. The molecule has 0 aliphatic rings. The molecule has 0 spiro atoms. The molecule has 61 valence electrons. The zero-order chi connectivity index (χ0) is 10.3. The van der Waals surface area contributed by atoms with Crippen molar-refractivity contribution in [3.63, 3.8) is 0 Å². The van der Waals surface area contributed by atoms with Crippen molar-refractivity contribution >= 4 is 20.2 Å². The molecule has 5 nitrogen and oxygen atoms in total. The van der Waals surface area contributed by atoms with Crippen LogP contribution in [0, 0.1) is 0 Å². The summed E-state index contributed by atoms with van der Waals surface area (Å²) < 4.78 is 17.4. The summed E-state index contributed by atoms with van der Waals surface area (Å²) in [5.41, 5.74) is 2.08. The molecule has 1 radical (unpaired) electrons. The van der Waals surface area contributed by atoms with Crippen LogP contribution in [0.25, 0.3) is 0 Å². The first-order chi connectivity index (χ1) is 6.07. The molecule has 0 aliphatic heterocycles. The van der Waals surface area contributed by atoms with E-state index < -0.39 is 18.3 Å². The maximum absolute atomic E-state index is 10.5. The molecule has 0 saturated heterocycles. The highest BCUT2D eigenvalue weighted by Crippen LogP contribution is 1.93. The lowest BCUT2D eigenvalue weighted by Gasteiger charge is -2.08. The van der Waals surface area contributed by atoms with E-state index in [0.29, 0.717) is 8.01 Å². The standard InChI is InChI=1S/C5H9BNO4/c6-11-7-4(3-8)1-2-5(9)10/h3-4,6-7H,1-2H2,(H,9,10)/t4-/m0/s1/i3D,6T. The van der Waals surface area contributed by atoms with Crippen LogP contribution in [-0.4, -0.2) is 32.7 Å². The van der Waals surface area contributed by atoms with Crippen LogP contribution in [0.1, 0.15) is 14.2 Å². The zero-order valence-corrected chi connectivity index (χ0v) is 5.74. The van der Waals surface area contributed by atoms with E-state index in [1.807, 2.05) is 0 Å². The maximum atomic E-state index is 10.5. The molecule has 11 heavy (non-hydrogen) atoms. The number of nitrogens with one attached hydrogen (secondary N) is 1. The highest BCUT2D eigenvalue weighted by Gasteiger charge is 2.07. The van der Waals surface area contributed by atoms with Crippen molar-refractivity contribution < 1.29 is 20.8 Å². The van der Waals surface area contributed by atoms with Gasteiger partial charge in [-0.15, -0.1) is 0 Å². The maximum Gasteiger partial charge on any atom is 0.303 e. The Balaban J connectivity index is 3.80. The Hall–Kier alpha value is -0.875. The summed E-state index contributed by atoms with van der Waals surface area (Å²) in [6, 6.07) is -1.00. The predicted octanol–water partition coefficient (Wildman–Crippen LogP) is -1.24. The van der Waals surface area contributed by atoms with Crippen molar-refractivity contribution in [2.75, 3.05) is 0 Å². The summed E-state index contributed by atoms with van der Waals surface area (Å²) in [6.07, 6.45) is -1.24. The summed E-state index contributed by atoms with van der Waals surface area (Å²) >= 11 is 0. The Kier molecular flexibility index (Phi) is 3.64. The molecule has 1 atom stereocenters. The molecule has 6 heteroatoms. The van der Waals surface area contributed by atoms with Gasteiger partial charge in [-0.05, 0) is 6.42 Å². The molecular formula is C5H9BNO4. The Morgan fingerprint density at radius 1 is 2.18 bits per heavy atom. The molecule has 0 heterocycles. The Bertz CT molecular complexity index is 191. The minimum atomic E-state index is -1.05. The molecule has 0 unspecified atom stereocenters. The summed E-state index contributed by atoms with van der Waals surface area (Å²) in [5, 5.41) is 8.28. The number of aldehydes is 1. The number of rotatable bonds is 7. The van der Waals surface area contributed by atoms with Crippen LogP contribution in [0.5, 0.6) is 0 Å². The predicted molar refractivity (Wildman–Crippen MR) is 38.1 cm³/mol. The van der Waals surface area contributed by atoms with E-state index in [2.05, 4.69) is 10.2 Å². The van der Waals surface area contributed by atoms with Crippen molar-refractivity contribution in [1.82, 2.24) is 5.48 Å². The van der Waals surface area contributed by atoms with Gasteiger partial charge in [0.15, 0.2) is 0 Å². The number of hydrogen-bond donors (Lipinski definition) is 2. The number of aliphatic carboxylic acids is 1. The summed E-state index contributed by atoms with van der Waals surface area (Å²) in [4.78, 5) is 20.6. The van der Waals surface area contributed by atoms with Crippen molar-refractivity contribution in [2.24, 2.45) is 0 Å². The van der Waals surface area contributed by atoms with E-state index in [9.17, 15) is 9.59 Å². The summed E-state index contributed by atoms with van der Waals surface area (Å²) in [5.74, 6) is -1.05. The van der Waals surface area contributed by atoms with E-state index in [1.54, 1.807) is 0 Å². The fourth-order valence-corrected chi connectivity index (χ4v) is 0.492. The average molecular weight is 161 g/mol. The fourth-order valence-electron chi connectivity index (χ4n) is 0.492. The van der Waals surface area contributed by atoms with Gasteiger partial charge in [0, 0.05) is 7.76 Å². The molecule has 0 aromatic heterocycles. The van der Waals surface area contributed by atoms with Gasteiger partial charge >= 0.3 is 14.0 Å². The van der Waals surface area contributed by atoms with Gasteiger partial charge < -0.3 is 14.7 Å². The highest BCUT2D eigenvalue weighted by atomic mass is 16.6. The van der Waals surface area contributed by atoms with Crippen molar-refractivity contribution in [3.8, 4) is 0 Å². The van der Waals surface area contributed by atoms with Crippen LogP contribution in [0.2, 0.25) is 0 Å². The number of hydrogen-bond acceptors (Lipinski definition) is 4. The SMILES string of the molecule is [2H]C(=O)[C@H](CCC(=O)O)NO[B][3H]. The molecule has 0 saturated carbocycles. The first kappa shape index (κ1) is 6.81. The molecule has 0 rings (SSSR count). The zero-order valence-electron chi connectivity index (χ0n) is 7.74. The van der Waals surface area contributed by atoms with Crippen LogP contribution in [0.3, 0.4) is 0 Å². The number of carbonyl (C=O) groups excluding carboxylic acids is 1. The van der Waals surface area contributed by atoms with Gasteiger partial charge in [0.25, 0.3) is 0 Å².